The molecule has 104 valence electrons. The summed E-state index contributed by atoms with van der Waals surface area (Å²) >= 11 is 0. The van der Waals surface area contributed by atoms with Gasteiger partial charge in [0, 0.05) is 26.7 Å². The summed E-state index contributed by atoms with van der Waals surface area (Å²) in [4.78, 5) is 16.3. The SMILES string of the molecule is COc1ccccc1N(C)C(=O)C1CN(C)CCN1. The first kappa shape index (κ1) is 13.8. The average molecular weight is 263 g/mol. The predicted octanol–water partition coefficient (Wildman–Crippen LogP) is 0.562. The van der Waals surface area contributed by atoms with Crippen LogP contribution in [-0.4, -0.2) is 57.7 Å². The third-order valence-electron chi connectivity index (χ3n) is 3.45. The van der Waals surface area contributed by atoms with Gasteiger partial charge in [0.05, 0.1) is 12.8 Å². The molecule has 0 bridgehead atoms. The van der Waals surface area contributed by atoms with Crippen molar-refractivity contribution in [1.82, 2.24) is 10.2 Å². The highest BCUT2D eigenvalue weighted by atomic mass is 16.5. The monoisotopic (exact) mass is 263 g/mol. The normalized spacial score (nSPS) is 20.1. The molecule has 5 heteroatoms. The molecule has 5 nitrogen and oxygen atoms in total. The highest BCUT2D eigenvalue weighted by Crippen LogP contribution is 2.27. The zero-order valence-corrected chi connectivity index (χ0v) is 11.7. The molecule has 1 saturated heterocycles. The van der Waals surface area contributed by atoms with Gasteiger partial charge in [0.15, 0.2) is 0 Å². The van der Waals surface area contributed by atoms with Gasteiger partial charge in [0.25, 0.3) is 0 Å². The summed E-state index contributed by atoms with van der Waals surface area (Å²) in [6.45, 7) is 2.55. The van der Waals surface area contributed by atoms with E-state index in [1.807, 2.05) is 31.3 Å². The number of hydrogen-bond donors (Lipinski definition) is 1. The van der Waals surface area contributed by atoms with E-state index in [1.54, 1.807) is 19.1 Å². The second kappa shape index (κ2) is 6.04. The minimum atomic E-state index is -0.159. The summed E-state index contributed by atoms with van der Waals surface area (Å²) < 4.78 is 5.30. The molecular formula is C14H21N3O2. The van der Waals surface area contributed by atoms with Gasteiger partial charge >= 0.3 is 0 Å². The van der Waals surface area contributed by atoms with E-state index in [1.165, 1.54) is 0 Å². The summed E-state index contributed by atoms with van der Waals surface area (Å²) in [6, 6.07) is 7.40. The Hall–Kier alpha value is -1.59. The fraction of sp³-hybridized carbons (Fsp3) is 0.500. The van der Waals surface area contributed by atoms with E-state index in [2.05, 4.69) is 10.2 Å². The number of nitrogens with zero attached hydrogens (tertiary/aromatic N) is 2. The summed E-state index contributed by atoms with van der Waals surface area (Å²) in [6.07, 6.45) is 0. The first-order chi connectivity index (χ1) is 9.13. The molecule has 1 amide bonds. The van der Waals surface area contributed by atoms with Crippen molar-refractivity contribution in [3.05, 3.63) is 24.3 Å². The van der Waals surface area contributed by atoms with Gasteiger partial charge < -0.3 is 19.9 Å². The van der Waals surface area contributed by atoms with Gasteiger partial charge in [0.1, 0.15) is 11.8 Å². The summed E-state index contributed by atoms with van der Waals surface area (Å²) in [7, 11) is 5.43. The van der Waals surface area contributed by atoms with E-state index in [0.29, 0.717) is 5.75 Å². The second-order valence-corrected chi connectivity index (χ2v) is 4.84. The molecule has 1 aromatic carbocycles. The van der Waals surface area contributed by atoms with Crippen LogP contribution in [0, 0.1) is 0 Å². The first-order valence-corrected chi connectivity index (χ1v) is 6.46. The summed E-state index contributed by atoms with van der Waals surface area (Å²) in [5.41, 5.74) is 0.796. The molecule has 1 aliphatic heterocycles. The van der Waals surface area contributed by atoms with Crippen LogP contribution in [0.15, 0.2) is 24.3 Å². The molecule has 2 rings (SSSR count). The average Bonchev–Trinajstić information content (AvgIpc) is 2.45. The summed E-state index contributed by atoms with van der Waals surface area (Å²) in [5.74, 6) is 0.776. The lowest BCUT2D eigenvalue weighted by atomic mass is 10.1. The number of benzene rings is 1. The van der Waals surface area contributed by atoms with Crippen molar-refractivity contribution in [3.63, 3.8) is 0 Å². The minimum Gasteiger partial charge on any atom is -0.495 e. The molecule has 1 atom stereocenters. The van der Waals surface area contributed by atoms with Crippen molar-refractivity contribution in [1.29, 1.82) is 0 Å². The quantitative estimate of drug-likeness (QED) is 0.865. The number of nitrogens with one attached hydrogen (secondary N) is 1. The van der Waals surface area contributed by atoms with Crippen LogP contribution in [0.2, 0.25) is 0 Å². The number of carbonyl (C=O) groups excluding carboxylic acids is 1. The molecule has 0 aliphatic carbocycles. The maximum atomic E-state index is 12.5. The van der Waals surface area contributed by atoms with E-state index in [9.17, 15) is 4.79 Å². The zero-order valence-electron chi connectivity index (χ0n) is 11.7. The molecule has 1 unspecified atom stereocenters. The third-order valence-corrected chi connectivity index (χ3v) is 3.45. The number of hydrogen-bond acceptors (Lipinski definition) is 4. The van der Waals surface area contributed by atoms with Crippen molar-refractivity contribution in [2.75, 3.05) is 45.7 Å². The Bertz CT molecular complexity index is 450. The van der Waals surface area contributed by atoms with Crippen LogP contribution >= 0.6 is 0 Å². The Morgan fingerprint density at radius 1 is 1.47 bits per heavy atom. The molecule has 0 radical (unpaired) electrons. The van der Waals surface area contributed by atoms with Gasteiger partial charge in [-0.25, -0.2) is 0 Å². The standard InChI is InChI=1S/C14H21N3O2/c1-16-9-8-15-11(10-16)14(18)17(2)12-6-4-5-7-13(12)19-3/h4-7,11,15H,8-10H2,1-3H3. The van der Waals surface area contributed by atoms with Crippen LogP contribution in [-0.2, 0) is 4.79 Å². The van der Waals surface area contributed by atoms with Gasteiger partial charge in [0.2, 0.25) is 5.91 Å². The zero-order chi connectivity index (χ0) is 13.8. The molecule has 1 aromatic rings. The number of piperazine rings is 1. The molecule has 0 spiro atoms. The highest BCUT2D eigenvalue weighted by molar-refractivity contribution is 5.98. The molecular weight excluding hydrogens is 242 g/mol. The number of rotatable bonds is 3. The number of ether oxygens (including phenoxy) is 1. The molecule has 0 saturated carbocycles. The van der Waals surface area contributed by atoms with E-state index in [4.69, 9.17) is 4.74 Å². The molecule has 19 heavy (non-hydrogen) atoms. The fourth-order valence-corrected chi connectivity index (χ4v) is 2.32. The number of para-hydroxylation sites is 2. The topological polar surface area (TPSA) is 44.8 Å². The largest absolute Gasteiger partial charge is 0.495 e. The maximum absolute atomic E-state index is 12.5. The Morgan fingerprint density at radius 2 is 2.21 bits per heavy atom. The van der Waals surface area contributed by atoms with Crippen molar-refractivity contribution < 1.29 is 9.53 Å². The van der Waals surface area contributed by atoms with E-state index < -0.39 is 0 Å². The van der Waals surface area contributed by atoms with Crippen molar-refractivity contribution in [2.45, 2.75) is 6.04 Å². The highest BCUT2D eigenvalue weighted by Gasteiger charge is 2.27. The molecule has 1 N–H and O–H groups in total. The number of carbonyl (C=O) groups is 1. The first-order valence-electron chi connectivity index (χ1n) is 6.46. The van der Waals surface area contributed by atoms with Crippen molar-refractivity contribution in [2.24, 2.45) is 0 Å². The van der Waals surface area contributed by atoms with E-state index >= 15 is 0 Å². The lowest BCUT2D eigenvalue weighted by molar-refractivity contribution is -0.121. The van der Waals surface area contributed by atoms with Gasteiger partial charge in [-0.3, -0.25) is 4.79 Å². The Kier molecular flexibility index (Phi) is 4.39. The molecule has 0 aromatic heterocycles. The smallest absolute Gasteiger partial charge is 0.245 e. The lowest BCUT2D eigenvalue weighted by Crippen LogP contribution is -2.56. The van der Waals surface area contributed by atoms with Crippen LogP contribution in [0.3, 0.4) is 0 Å². The van der Waals surface area contributed by atoms with Crippen LogP contribution in [0.5, 0.6) is 5.75 Å². The molecule has 1 heterocycles. The fourth-order valence-electron chi connectivity index (χ4n) is 2.32. The van der Waals surface area contributed by atoms with Crippen molar-refractivity contribution >= 4 is 11.6 Å². The number of methoxy groups -OCH3 is 1. The van der Waals surface area contributed by atoms with Gasteiger partial charge in [-0.15, -0.1) is 0 Å². The van der Waals surface area contributed by atoms with Crippen LogP contribution in [0.4, 0.5) is 5.69 Å². The number of likely N-dealkylation sites (N-methyl/N-ethyl adjacent to an activating group) is 2. The minimum absolute atomic E-state index is 0.0658. The van der Waals surface area contributed by atoms with Gasteiger partial charge in [-0.1, -0.05) is 12.1 Å². The number of amides is 1. The van der Waals surface area contributed by atoms with Crippen molar-refractivity contribution in [3.8, 4) is 5.75 Å². The third kappa shape index (κ3) is 3.05. The Labute approximate surface area is 114 Å². The molecule has 1 fully saturated rings. The second-order valence-electron chi connectivity index (χ2n) is 4.84. The van der Waals surface area contributed by atoms with E-state index in [-0.39, 0.29) is 11.9 Å². The Balaban J connectivity index is 2.14. The summed E-state index contributed by atoms with van der Waals surface area (Å²) in [5, 5.41) is 3.26. The van der Waals surface area contributed by atoms with Crippen LogP contribution in [0.1, 0.15) is 0 Å². The van der Waals surface area contributed by atoms with Gasteiger partial charge in [-0.2, -0.15) is 0 Å². The van der Waals surface area contributed by atoms with Crippen LogP contribution in [0.25, 0.3) is 0 Å². The van der Waals surface area contributed by atoms with Crippen LogP contribution < -0.4 is 15.0 Å². The number of anilines is 1. The molecule has 1 aliphatic rings. The van der Waals surface area contributed by atoms with E-state index in [0.717, 1.165) is 25.3 Å². The van der Waals surface area contributed by atoms with Gasteiger partial charge in [-0.05, 0) is 19.2 Å². The maximum Gasteiger partial charge on any atom is 0.245 e. The Morgan fingerprint density at radius 3 is 2.89 bits per heavy atom. The predicted molar refractivity (Wildman–Crippen MR) is 75.7 cm³/mol. The lowest BCUT2D eigenvalue weighted by Gasteiger charge is -2.32.